The highest BCUT2D eigenvalue weighted by Crippen LogP contribution is 2.52. The van der Waals surface area contributed by atoms with Crippen LogP contribution < -0.4 is 10.6 Å². The predicted molar refractivity (Wildman–Crippen MR) is 139 cm³/mol. The maximum atomic E-state index is 12.7. The number of ketones is 1. The molecule has 4 rings (SSSR count). The zero-order chi connectivity index (χ0) is 26.7. The van der Waals surface area contributed by atoms with Gasteiger partial charge in [-0.2, -0.15) is 0 Å². The van der Waals surface area contributed by atoms with Gasteiger partial charge in [-0.3, -0.25) is 14.4 Å². The van der Waals surface area contributed by atoms with Gasteiger partial charge in [0.25, 0.3) is 5.91 Å². The molecule has 198 valence electrons. The average Bonchev–Trinajstić information content (AvgIpc) is 3.34. The molecule has 0 aromatic carbocycles. The zero-order valence-electron chi connectivity index (χ0n) is 21.2. The van der Waals surface area contributed by atoms with E-state index in [9.17, 15) is 29.7 Å². The molecule has 0 aromatic rings. The number of carbonyl (C=O) groups excluding carboxylic acids is 3. The summed E-state index contributed by atoms with van der Waals surface area (Å²) in [5.41, 5.74) is -0.385. The highest BCUT2D eigenvalue weighted by Gasteiger charge is 2.47. The molecule has 1 saturated heterocycles. The molecule has 2 bridgehead atoms. The third kappa shape index (κ3) is 5.70. The molecule has 2 fully saturated rings. The lowest BCUT2D eigenvalue weighted by Crippen LogP contribution is -2.42. The lowest BCUT2D eigenvalue weighted by atomic mass is 9.69. The zero-order valence-corrected chi connectivity index (χ0v) is 21.2. The summed E-state index contributed by atoms with van der Waals surface area (Å²) in [6.45, 7) is 4.15. The number of amides is 2. The Balaban J connectivity index is 1.66. The third-order valence-corrected chi connectivity index (χ3v) is 8.10. The van der Waals surface area contributed by atoms with Gasteiger partial charge < -0.3 is 26.0 Å². The van der Waals surface area contributed by atoms with Crippen LogP contribution in [0.5, 0.6) is 0 Å². The molecular formula is C29H36N2O6. The molecule has 0 radical (unpaired) electrons. The Kier molecular flexibility index (Phi) is 8.29. The Hall–Kier alpha value is -3.23. The summed E-state index contributed by atoms with van der Waals surface area (Å²) in [5, 5.41) is 36.4. The van der Waals surface area contributed by atoms with Gasteiger partial charge in [-0.1, -0.05) is 55.5 Å². The number of allylic oxidation sites excluding steroid dienone is 9. The van der Waals surface area contributed by atoms with E-state index in [1.807, 2.05) is 13.0 Å². The van der Waals surface area contributed by atoms with Gasteiger partial charge in [-0.15, -0.1) is 0 Å². The lowest BCUT2D eigenvalue weighted by molar-refractivity contribution is -0.118. The van der Waals surface area contributed by atoms with Crippen molar-refractivity contribution < 1.29 is 29.7 Å². The molecule has 2 aliphatic heterocycles. The van der Waals surface area contributed by atoms with Gasteiger partial charge in [0.15, 0.2) is 5.78 Å². The maximum Gasteiger partial charge on any atom is 0.259 e. The van der Waals surface area contributed by atoms with Crippen LogP contribution in [0.25, 0.3) is 0 Å². The van der Waals surface area contributed by atoms with Crippen LogP contribution in [-0.2, 0) is 14.4 Å². The van der Waals surface area contributed by atoms with Crippen molar-refractivity contribution in [3.8, 4) is 0 Å². The molecular weight excluding hydrogens is 472 g/mol. The summed E-state index contributed by atoms with van der Waals surface area (Å²) in [6.07, 6.45) is 17.5. The number of Topliss-reactive ketones (excluding diaryl/α,β-unsaturated/α-hetero) is 1. The van der Waals surface area contributed by atoms with Crippen LogP contribution in [-0.4, -0.2) is 57.7 Å². The van der Waals surface area contributed by atoms with Crippen molar-refractivity contribution in [1.82, 2.24) is 10.6 Å². The normalized spacial score (nSPS) is 42.8. The van der Waals surface area contributed by atoms with Crippen LogP contribution in [0.2, 0.25) is 0 Å². The molecule has 5 N–H and O–H groups in total. The fourth-order valence-corrected chi connectivity index (χ4v) is 6.41. The number of aliphatic hydroxyl groups is 3. The van der Waals surface area contributed by atoms with E-state index in [0.29, 0.717) is 11.8 Å². The molecule has 2 aliphatic carbocycles. The van der Waals surface area contributed by atoms with Crippen molar-refractivity contribution >= 4 is 17.6 Å². The van der Waals surface area contributed by atoms with Gasteiger partial charge in [-0.05, 0) is 55.4 Å². The molecule has 8 nitrogen and oxygen atoms in total. The summed E-state index contributed by atoms with van der Waals surface area (Å²) in [4.78, 5) is 37.2. The third-order valence-electron chi connectivity index (χ3n) is 8.10. The topological polar surface area (TPSA) is 136 Å². The van der Waals surface area contributed by atoms with Crippen molar-refractivity contribution in [2.24, 2.45) is 35.5 Å². The number of aliphatic hydroxyl groups excluding tert-OH is 3. The SMILES string of the molecule is CC(O)[C@H]1[C@@H]2C=C[C@@H]3/C=C/C=C/C(=O)NCC[C@H](O)[C@@H]4NC(=O)/C(=C(O)/C=C/C=C/[C@@H]3[C@H]2C[C@H]1C)C4=O. The Morgan fingerprint density at radius 3 is 2.46 bits per heavy atom. The number of nitrogens with one attached hydrogen (secondary N) is 2. The van der Waals surface area contributed by atoms with E-state index in [4.69, 9.17) is 0 Å². The van der Waals surface area contributed by atoms with E-state index in [0.717, 1.165) is 6.42 Å². The van der Waals surface area contributed by atoms with E-state index in [2.05, 4.69) is 41.9 Å². The van der Waals surface area contributed by atoms with Crippen LogP contribution in [0, 0.1) is 35.5 Å². The number of rotatable bonds is 1. The fraction of sp³-hybridized carbons (Fsp3) is 0.483. The number of carbonyl (C=O) groups is 3. The van der Waals surface area contributed by atoms with Gasteiger partial charge in [0, 0.05) is 18.5 Å². The number of fused-ring (bicyclic) bond motifs is 5. The molecule has 0 aromatic heterocycles. The number of hydrogen-bond donors (Lipinski definition) is 5. The van der Waals surface area contributed by atoms with E-state index < -0.39 is 35.7 Å². The summed E-state index contributed by atoms with van der Waals surface area (Å²) in [5.74, 6) is -0.898. The highest BCUT2D eigenvalue weighted by molar-refractivity contribution is 6.27. The molecule has 2 heterocycles. The first-order valence-corrected chi connectivity index (χ1v) is 13.0. The first-order chi connectivity index (χ1) is 17.7. The second-order valence-corrected chi connectivity index (χ2v) is 10.5. The van der Waals surface area contributed by atoms with Gasteiger partial charge in [0.05, 0.1) is 12.2 Å². The second-order valence-electron chi connectivity index (χ2n) is 10.5. The fourth-order valence-electron chi connectivity index (χ4n) is 6.41. The van der Waals surface area contributed by atoms with Gasteiger partial charge in [0.1, 0.15) is 17.4 Å². The smallest absolute Gasteiger partial charge is 0.259 e. The summed E-state index contributed by atoms with van der Waals surface area (Å²) >= 11 is 0. The van der Waals surface area contributed by atoms with E-state index in [-0.39, 0.29) is 48.1 Å². The molecule has 0 spiro atoms. The largest absolute Gasteiger partial charge is 0.507 e. The molecule has 8 heteroatoms. The molecule has 1 unspecified atom stereocenters. The second kappa shape index (κ2) is 11.4. The van der Waals surface area contributed by atoms with Crippen molar-refractivity contribution in [2.45, 2.75) is 44.9 Å². The Morgan fingerprint density at radius 1 is 0.973 bits per heavy atom. The standard InChI is InChI=1S/C29H36N2O6/c1-16-15-21-19-8-4-5-9-22(33)26-28(36)27(31-29(26)37)23(34)13-14-30-24(35)10-6-3-7-18(19)11-12-20(21)25(16)17(2)32/h3-12,16-21,23,25,27,32-34H,13-15H2,1-2H3,(H,30,35)(H,31,37)/b7-3+,8-4+,9-5+,10-6+,26-22-/t16-,17?,18+,19+,20-,21-,23+,25+,27+/m1/s1. The van der Waals surface area contributed by atoms with Crippen LogP contribution in [0.1, 0.15) is 26.7 Å². The Labute approximate surface area is 217 Å². The van der Waals surface area contributed by atoms with Crippen LogP contribution >= 0.6 is 0 Å². The first kappa shape index (κ1) is 26.8. The van der Waals surface area contributed by atoms with E-state index in [1.165, 1.54) is 12.2 Å². The summed E-state index contributed by atoms with van der Waals surface area (Å²) in [7, 11) is 0. The summed E-state index contributed by atoms with van der Waals surface area (Å²) in [6, 6.07) is -1.18. The monoisotopic (exact) mass is 508 g/mol. The van der Waals surface area contributed by atoms with Crippen LogP contribution in [0.15, 0.2) is 72.1 Å². The van der Waals surface area contributed by atoms with Crippen LogP contribution in [0.3, 0.4) is 0 Å². The highest BCUT2D eigenvalue weighted by atomic mass is 16.3. The quantitative estimate of drug-likeness (QED) is 0.272. The number of hydrogen-bond acceptors (Lipinski definition) is 6. The average molecular weight is 509 g/mol. The molecule has 2 amide bonds. The molecule has 37 heavy (non-hydrogen) atoms. The maximum absolute atomic E-state index is 12.7. The van der Waals surface area contributed by atoms with Gasteiger partial charge in [-0.25, -0.2) is 0 Å². The Morgan fingerprint density at radius 2 is 1.70 bits per heavy atom. The minimum Gasteiger partial charge on any atom is -0.507 e. The molecule has 9 atom stereocenters. The molecule has 4 aliphatic rings. The minimum atomic E-state index is -1.21. The van der Waals surface area contributed by atoms with Crippen molar-refractivity contribution in [1.29, 1.82) is 0 Å². The first-order valence-electron chi connectivity index (χ1n) is 13.0. The predicted octanol–water partition coefficient (Wildman–Crippen LogP) is 2.04. The van der Waals surface area contributed by atoms with Crippen LogP contribution in [0.4, 0.5) is 0 Å². The van der Waals surface area contributed by atoms with Crippen molar-refractivity contribution in [2.75, 3.05) is 6.54 Å². The minimum absolute atomic E-state index is 0.0572. The van der Waals surface area contributed by atoms with Crippen molar-refractivity contribution in [3.63, 3.8) is 0 Å². The van der Waals surface area contributed by atoms with Gasteiger partial charge in [0.2, 0.25) is 5.91 Å². The van der Waals surface area contributed by atoms with Crippen molar-refractivity contribution in [3.05, 3.63) is 72.1 Å². The Bertz CT molecular complexity index is 1100. The van der Waals surface area contributed by atoms with E-state index in [1.54, 1.807) is 18.2 Å². The summed E-state index contributed by atoms with van der Waals surface area (Å²) < 4.78 is 0. The lowest BCUT2D eigenvalue weighted by Gasteiger charge is -2.36. The van der Waals surface area contributed by atoms with Gasteiger partial charge >= 0.3 is 0 Å². The van der Waals surface area contributed by atoms with E-state index >= 15 is 0 Å². The molecule has 1 saturated carbocycles.